The molecule has 0 unspecified atom stereocenters. The molecule has 12 nitrogen and oxygen atoms in total. The summed E-state index contributed by atoms with van der Waals surface area (Å²) in [7, 11) is 0. The van der Waals surface area contributed by atoms with Crippen LogP contribution in [0.4, 0.5) is 0 Å². The Kier molecular flexibility index (Phi) is 28.3. The second-order valence-electron chi connectivity index (χ2n) is 14.3. The number of rotatable bonds is 6. The van der Waals surface area contributed by atoms with Gasteiger partial charge >= 0.3 is 29.6 Å². The van der Waals surface area contributed by atoms with Crippen LogP contribution in [0.25, 0.3) is 43.1 Å². The minimum atomic E-state index is -0.183. The van der Waals surface area contributed by atoms with Gasteiger partial charge in [0, 0.05) is 120 Å². The molecule has 6 aromatic heterocycles. The summed E-state index contributed by atoms with van der Waals surface area (Å²) in [5.74, 6) is 0.758. The summed E-state index contributed by atoms with van der Waals surface area (Å²) in [5, 5.41) is 19.5. The second kappa shape index (κ2) is 32.9. The van der Waals surface area contributed by atoms with Gasteiger partial charge in [0.2, 0.25) is 0 Å². The zero-order valence-corrected chi connectivity index (χ0v) is 49.3. The van der Waals surface area contributed by atoms with Gasteiger partial charge in [0.25, 0.3) is 11.1 Å². The Morgan fingerprint density at radius 3 is 1.55 bits per heavy atom. The van der Waals surface area contributed by atoms with Gasteiger partial charge in [0.05, 0.1) is 6.61 Å². The summed E-state index contributed by atoms with van der Waals surface area (Å²) in [5.41, 5.74) is 5.44. The minimum Gasteiger partial charge on any atom is -1.00 e. The molecule has 0 bridgehead atoms. The summed E-state index contributed by atoms with van der Waals surface area (Å²) >= 11 is 19.2. The van der Waals surface area contributed by atoms with Crippen LogP contribution in [0.3, 0.4) is 0 Å². The van der Waals surface area contributed by atoms with Crippen molar-refractivity contribution in [2.45, 2.75) is 36.7 Å². The number of aliphatic hydroxyl groups excluding tert-OH is 1. The van der Waals surface area contributed by atoms with Gasteiger partial charge in [-0.15, -0.1) is 0 Å². The average Bonchev–Trinajstić information content (AvgIpc) is 3.35. The topological polar surface area (TPSA) is 183 Å². The molecule has 0 aliphatic rings. The van der Waals surface area contributed by atoms with Crippen molar-refractivity contribution in [3.8, 4) is 0 Å². The van der Waals surface area contributed by atoms with Crippen molar-refractivity contribution < 1.29 is 40.9 Å². The molecule has 0 aliphatic heterocycles. The smallest absolute Gasteiger partial charge is 1.00 e. The number of aliphatic hydroxyl groups is 1. The van der Waals surface area contributed by atoms with Crippen LogP contribution in [-0.2, 0) is 17.7 Å². The fourth-order valence-electron chi connectivity index (χ4n) is 6.56. The molecule has 0 amide bonds. The number of thioether (sulfide) groups is 1. The predicted octanol–water partition coefficient (Wildman–Crippen LogP) is 10.7. The van der Waals surface area contributed by atoms with E-state index in [-0.39, 0.29) is 61.2 Å². The first kappa shape index (κ1) is 61.2. The number of pyridine rings is 4. The summed E-state index contributed by atoms with van der Waals surface area (Å²) in [4.78, 5) is 61.0. The third-order valence-corrected chi connectivity index (χ3v) is 11.3. The van der Waals surface area contributed by atoms with E-state index in [1.54, 1.807) is 44.0 Å². The summed E-state index contributed by atoms with van der Waals surface area (Å²) in [6.45, 7) is 3.69. The number of carbonyl (C=O) groups excluding carboxylic acids is 1. The molecule has 357 valence electrons. The van der Waals surface area contributed by atoms with E-state index in [1.807, 2.05) is 92.2 Å². The number of halogens is 4. The number of benzene rings is 4. The average molecular weight is 1270 g/mol. The van der Waals surface area contributed by atoms with Crippen LogP contribution in [-0.4, -0.2) is 59.7 Å². The summed E-state index contributed by atoms with van der Waals surface area (Å²) in [6.07, 6.45) is 15.2. The van der Waals surface area contributed by atoms with Crippen LogP contribution in [0, 0.1) is 18.6 Å². The minimum absolute atomic E-state index is 0. The number of nitrogens with zero attached hydrogens (tertiary/aromatic N) is 5. The molecule has 10 aromatic rings. The van der Waals surface area contributed by atoms with Crippen molar-refractivity contribution in [2.24, 2.45) is 0 Å². The molecule has 0 saturated carbocycles. The van der Waals surface area contributed by atoms with E-state index in [4.69, 9.17) is 5.11 Å². The first-order valence-electron chi connectivity index (χ1n) is 20.6. The SMILES string of the molecule is BrCc1cccc2cnccc12.BrP(Br)Br.Cc1cc(=O)[nH]c(=S)[nH]1.Cc1cc(=O)[nH]c(SCc2cccc3cnccc23)n1.O=Cc1cccc2cnccc12.OCc1cccc2cnccc12.[B].[H-].[Na+]. The summed E-state index contributed by atoms with van der Waals surface area (Å²) < 4.78 is 0.192. The van der Waals surface area contributed by atoms with E-state index in [1.165, 1.54) is 51.2 Å². The van der Waals surface area contributed by atoms with Crippen LogP contribution in [0.2, 0.25) is 0 Å². The molecule has 0 spiro atoms. The molecule has 4 aromatic carbocycles. The predicted molar refractivity (Wildman–Crippen MR) is 308 cm³/mol. The van der Waals surface area contributed by atoms with E-state index in [9.17, 15) is 14.4 Å². The molecule has 21 heteroatoms. The van der Waals surface area contributed by atoms with Crippen LogP contribution in [0.5, 0.6) is 0 Å². The first-order chi connectivity index (χ1) is 33.4. The maximum absolute atomic E-state index is 11.4. The fraction of sp³-hybridized carbons (Fsp3) is 0.100. The number of hydrogen-bond donors (Lipinski definition) is 4. The molecule has 0 aliphatic carbocycles. The Labute approximate surface area is 478 Å². The van der Waals surface area contributed by atoms with Gasteiger partial charge in [-0.1, -0.05) is 100 Å². The number of aryl methyl sites for hydroxylation is 2. The molecule has 10 rings (SSSR count). The van der Waals surface area contributed by atoms with Gasteiger partial charge in [-0.05, 0) is 135 Å². The number of carbonyl (C=O) groups is 1. The van der Waals surface area contributed by atoms with Crippen LogP contribution >= 0.6 is 90.4 Å². The number of aromatic amines is 3. The van der Waals surface area contributed by atoms with E-state index < -0.39 is 0 Å². The monoisotopic (exact) mass is 1260 g/mol. The number of hydrogen-bond acceptors (Lipinski definition) is 11. The molecule has 0 fully saturated rings. The maximum atomic E-state index is 11.4. The number of aromatic nitrogens is 8. The maximum Gasteiger partial charge on any atom is 1.00 e. The molecule has 0 atom stereocenters. The van der Waals surface area contributed by atoms with E-state index in [0.29, 0.717) is 9.93 Å². The third-order valence-electron chi connectivity index (χ3n) is 9.58. The Morgan fingerprint density at radius 2 is 1.08 bits per heavy atom. The van der Waals surface area contributed by atoms with Crippen molar-refractivity contribution in [3.05, 3.63) is 218 Å². The normalized spacial score (nSPS) is 9.97. The molecule has 6 heterocycles. The zero-order chi connectivity index (χ0) is 49.5. The van der Waals surface area contributed by atoms with Crippen LogP contribution in [0.15, 0.2) is 174 Å². The van der Waals surface area contributed by atoms with Gasteiger partial charge in [0.15, 0.2) is 16.2 Å². The first-order valence-corrected chi connectivity index (χ1v) is 30.5. The van der Waals surface area contributed by atoms with Crippen LogP contribution < -0.4 is 40.7 Å². The number of aldehydes is 1. The molecule has 0 saturated heterocycles. The van der Waals surface area contributed by atoms with Crippen molar-refractivity contribution in [3.63, 3.8) is 0 Å². The zero-order valence-electron chi connectivity index (χ0n) is 39.5. The van der Waals surface area contributed by atoms with Crippen molar-refractivity contribution in [2.75, 3.05) is 0 Å². The van der Waals surface area contributed by atoms with Gasteiger partial charge in [0.1, 0.15) is 4.03 Å². The summed E-state index contributed by atoms with van der Waals surface area (Å²) in [6, 6.07) is 34.6. The Balaban J connectivity index is 0.000000307. The molecular formula is C50H44BBr4N8NaO4PS2. The van der Waals surface area contributed by atoms with E-state index in [2.05, 4.69) is 139 Å². The fourth-order valence-corrected chi connectivity index (χ4v) is 8.23. The Hall–Kier alpha value is -4.11. The van der Waals surface area contributed by atoms with E-state index in [0.717, 1.165) is 66.8 Å². The molecule has 71 heavy (non-hydrogen) atoms. The number of fused-ring (bicyclic) bond motifs is 4. The van der Waals surface area contributed by atoms with Gasteiger partial charge in [-0.25, -0.2) is 4.98 Å². The quantitative estimate of drug-likeness (QED) is 0.0236. The second-order valence-corrected chi connectivity index (χ2v) is 31.6. The standard InChI is InChI=1S/C15H13N3OS.C10H8BrN.C10H9NO.C10H7NO.C5H6N2OS.B.Br3P.Na.H/c1-10-7-14(19)18-15(17-10)20-9-12-4-2-3-11-8-16-6-5-13(11)12;11-6-8-2-1-3-9-7-12-5-4-10(8)9;2*12-7-9-3-1-2-8-6-11-5-4-10(8)9;1-3-2-4(8)7-5(9)6-3;;1-4(2)3;;/h2-8H,9H2,1H3,(H,17,18,19);1-5,7H,6H2;1-6,12H,7H2;1-7H;2H,1H3,(H2,6,7,8,9);;;;/q;;;;;;;+1;-1. The largest absolute Gasteiger partial charge is 1.00 e. The Morgan fingerprint density at radius 1 is 0.648 bits per heavy atom. The third kappa shape index (κ3) is 20.4. The van der Waals surface area contributed by atoms with Gasteiger partial charge in [-0.3, -0.25) is 39.3 Å². The Bertz CT molecular complexity index is 3330. The molecule has 4 N–H and O–H groups in total. The number of H-pyrrole nitrogens is 3. The van der Waals surface area contributed by atoms with Crippen LogP contribution in [0.1, 0.15) is 39.9 Å². The van der Waals surface area contributed by atoms with Gasteiger partial charge < -0.3 is 16.5 Å². The number of nitrogens with one attached hydrogen (secondary N) is 3. The molecular weight excluding hydrogens is 1230 g/mol. The van der Waals surface area contributed by atoms with Gasteiger partial charge in [-0.2, -0.15) is 0 Å². The molecule has 3 radical (unpaired) electrons. The number of alkyl halides is 1. The van der Waals surface area contributed by atoms with E-state index >= 15 is 0 Å². The van der Waals surface area contributed by atoms with Crippen molar-refractivity contribution >= 4 is 148 Å². The van der Waals surface area contributed by atoms with Crippen molar-refractivity contribution in [1.82, 2.24) is 39.9 Å². The van der Waals surface area contributed by atoms with Crippen molar-refractivity contribution in [1.29, 1.82) is 0 Å².